The highest BCUT2D eigenvalue weighted by Gasteiger charge is 2.38. The number of carbonyl (C=O) groups excluding carboxylic acids is 1. The minimum Gasteiger partial charge on any atom is -0.492 e. The van der Waals surface area contributed by atoms with Crippen molar-refractivity contribution in [2.24, 2.45) is 11.3 Å². The maximum absolute atomic E-state index is 13.1. The molecule has 0 aliphatic carbocycles. The standard InChI is InChI=1S/C28H44N2O3/c1-2-3-16-29-19-22-33-26-10-5-4-8-24(26)9-6-7-13-28(23-29)14-17-30(18-15-28)27(31)25-11-20-32-21-12-25/h4-5,8,10,25H,2-3,6-7,9,11-23H2,1H3. The van der Waals surface area contributed by atoms with E-state index in [1.807, 2.05) is 0 Å². The average Bonchev–Trinajstić information content (AvgIpc) is 2.86. The summed E-state index contributed by atoms with van der Waals surface area (Å²) in [6.07, 6.45) is 11.4. The summed E-state index contributed by atoms with van der Waals surface area (Å²) in [6, 6.07) is 8.58. The monoisotopic (exact) mass is 456 g/mol. The Hall–Kier alpha value is -1.59. The molecule has 0 atom stereocenters. The number of carbonyl (C=O) groups is 1. The van der Waals surface area contributed by atoms with Crippen LogP contribution in [0.3, 0.4) is 0 Å². The first-order valence-corrected chi connectivity index (χ1v) is 13.5. The molecular weight excluding hydrogens is 412 g/mol. The van der Waals surface area contributed by atoms with Crippen LogP contribution in [-0.2, 0) is 16.0 Å². The summed E-state index contributed by atoms with van der Waals surface area (Å²) in [6.45, 7) is 9.66. The summed E-state index contributed by atoms with van der Waals surface area (Å²) in [7, 11) is 0. The summed E-state index contributed by atoms with van der Waals surface area (Å²) in [5.74, 6) is 1.64. The number of aryl methyl sites for hydroxylation is 1. The van der Waals surface area contributed by atoms with Gasteiger partial charge in [0.1, 0.15) is 12.4 Å². The van der Waals surface area contributed by atoms with Crippen molar-refractivity contribution in [2.75, 3.05) is 52.5 Å². The Morgan fingerprint density at radius 1 is 1.03 bits per heavy atom. The van der Waals surface area contributed by atoms with Crippen molar-refractivity contribution < 1.29 is 14.3 Å². The van der Waals surface area contributed by atoms with Crippen molar-refractivity contribution in [1.29, 1.82) is 0 Å². The van der Waals surface area contributed by atoms with Gasteiger partial charge in [0.2, 0.25) is 5.91 Å². The molecule has 2 saturated heterocycles. The van der Waals surface area contributed by atoms with Crippen molar-refractivity contribution in [3.05, 3.63) is 29.8 Å². The topological polar surface area (TPSA) is 42.0 Å². The van der Waals surface area contributed by atoms with Crippen LogP contribution in [0.25, 0.3) is 0 Å². The van der Waals surface area contributed by atoms with Gasteiger partial charge >= 0.3 is 0 Å². The van der Waals surface area contributed by atoms with E-state index in [9.17, 15) is 4.79 Å². The minimum absolute atomic E-state index is 0.183. The zero-order valence-electron chi connectivity index (χ0n) is 20.7. The van der Waals surface area contributed by atoms with Crippen molar-refractivity contribution in [3.63, 3.8) is 0 Å². The van der Waals surface area contributed by atoms with Gasteiger partial charge in [-0.25, -0.2) is 0 Å². The Balaban J connectivity index is 1.42. The Labute approximate surface area is 200 Å². The van der Waals surface area contributed by atoms with E-state index < -0.39 is 0 Å². The lowest BCUT2D eigenvalue weighted by atomic mass is 9.73. The summed E-state index contributed by atoms with van der Waals surface area (Å²) in [5, 5.41) is 0. The van der Waals surface area contributed by atoms with Gasteiger partial charge in [0.05, 0.1) is 0 Å². The number of hydrogen-bond acceptors (Lipinski definition) is 4. The molecule has 3 heterocycles. The molecule has 0 radical (unpaired) electrons. The molecule has 33 heavy (non-hydrogen) atoms. The van der Waals surface area contributed by atoms with Crippen LogP contribution in [0.4, 0.5) is 0 Å². The highest BCUT2D eigenvalue weighted by atomic mass is 16.5. The van der Waals surface area contributed by atoms with Crippen LogP contribution in [0, 0.1) is 11.3 Å². The summed E-state index contributed by atoms with van der Waals surface area (Å²) in [4.78, 5) is 17.9. The number of unbranched alkanes of at least 4 members (excludes halogenated alkanes) is 1. The Morgan fingerprint density at radius 3 is 2.61 bits per heavy atom. The normalized spacial score (nSPS) is 23.2. The van der Waals surface area contributed by atoms with E-state index in [0.717, 1.165) is 90.4 Å². The van der Waals surface area contributed by atoms with Gasteiger partial charge in [-0.1, -0.05) is 38.0 Å². The molecule has 5 heteroatoms. The van der Waals surface area contributed by atoms with E-state index in [1.165, 1.54) is 37.7 Å². The van der Waals surface area contributed by atoms with Crippen LogP contribution in [0.2, 0.25) is 0 Å². The molecule has 0 saturated carbocycles. The molecule has 1 aromatic rings. The molecule has 1 amide bonds. The summed E-state index contributed by atoms with van der Waals surface area (Å²) >= 11 is 0. The zero-order chi connectivity index (χ0) is 22.9. The van der Waals surface area contributed by atoms with Crippen LogP contribution in [0.5, 0.6) is 5.75 Å². The van der Waals surface area contributed by atoms with E-state index in [0.29, 0.717) is 11.3 Å². The van der Waals surface area contributed by atoms with Gasteiger partial charge in [-0.05, 0) is 75.0 Å². The largest absolute Gasteiger partial charge is 0.492 e. The minimum atomic E-state index is 0.183. The molecule has 0 N–H and O–H groups in total. The second-order valence-electron chi connectivity index (χ2n) is 10.5. The number of fused-ring (bicyclic) bond motifs is 1. The zero-order valence-corrected chi connectivity index (χ0v) is 20.7. The molecule has 1 aromatic carbocycles. The smallest absolute Gasteiger partial charge is 0.225 e. The first-order valence-electron chi connectivity index (χ1n) is 13.5. The second kappa shape index (κ2) is 12.2. The molecule has 5 nitrogen and oxygen atoms in total. The van der Waals surface area contributed by atoms with Crippen LogP contribution < -0.4 is 4.74 Å². The Kier molecular flexibility index (Phi) is 9.08. The predicted molar refractivity (Wildman–Crippen MR) is 133 cm³/mol. The average molecular weight is 457 g/mol. The van der Waals surface area contributed by atoms with Crippen LogP contribution in [0.15, 0.2) is 24.3 Å². The lowest BCUT2D eigenvalue weighted by Gasteiger charge is -2.45. The fraction of sp³-hybridized carbons (Fsp3) is 0.750. The maximum atomic E-state index is 13.1. The lowest BCUT2D eigenvalue weighted by molar-refractivity contribution is -0.141. The molecule has 0 aromatic heterocycles. The number of amides is 1. The van der Waals surface area contributed by atoms with Crippen molar-refractivity contribution >= 4 is 5.91 Å². The van der Waals surface area contributed by atoms with Crippen LogP contribution in [-0.4, -0.2) is 68.3 Å². The van der Waals surface area contributed by atoms with E-state index >= 15 is 0 Å². The molecule has 0 bridgehead atoms. The molecule has 184 valence electrons. The summed E-state index contributed by atoms with van der Waals surface area (Å²) in [5.41, 5.74) is 1.68. The van der Waals surface area contributed by atoms with Gasteiger partial charge < -0.3 is 14.4 Å². The number of rotatable bonds is 4. The van der Waals surface area contributed by atoms with E-state index in [4.69, 9.17) is 9.47 Å². The molecular formula is C28H44N2O3. The van der Waals surface area contributed by atoms with E-state index in [2.05, 4.69) is 41.0 Å². The van der Waals surface area contributed by atoms with Crippen LogP contribution in [0.1, 0.15) is 70.3 Å². The van der Waals surface area contributed by atoms with Gasteiger partial charge in [0, 0.05) is 45.3 Å². The second-order valence-corrected chi connectivity index (χ2v) is 10.5. The van der Waals surface area contributed by atoms with Gasteiger partial charge in [-0.3, -0.25) is 9.69 Å². The van der Waals surface area contributed by atoms with Gasteiger partial charge in [-0.2, -0.15) is 0 Å². The molecule has 2 fully saturated rings. The number of benzene rings is 1. The van der Waals surface area contributed by atoms with Gasteiger partial charge in [-0.15, -0.1) is 0 Å². The number of likely N-dealkylation sites (tertiary alicyclic amines) is 1. The Morgan fingerprint density at radius 2 is 1.82 bits per heavy atom. The summed E-state index contributed by atoms with van der Waals surface area (Å²) < 4.78 is 11.7. The quantitative estimate of drug-likeness (QED) is 0.644. The Bertz CT molecular complexity index is 738. The van der Waals surface area contributed by atoms with Crippen molar-refractivity contribution in [2.45, 2.75) is 71.1 Å². The fourth-order valence-corrected chi connectivity index (χ4v) is 5.97. The first-order chi connectivity index (χ1) is 16.2. The lowest BCUT2D eigenvalue weighted by Crippen LogP contribution is -2.50. The van der Waals surface area contributed by atoms with Gasteiger partial charge in [0.15, 0.2) is 0 Å². The number of piperidine rings is 1. The highest BCUT2D eigenvalue weighted by Crippen LogP contribution is 2.39. The molecule has 4 rings (SSSR count). The third-order valence-electron chi connectivity index (χ3n) is 8.13. The number of para-hydroxylation sites is 1. The predicted octanol–water partition coefficient (Wildman–Crippen LogP) is 4.93. The van der Waals surface area contributed by atoms with E-state index in [-0.39, 0.29) is 5.92 Å². The number of ether oxygens (including phenoxy) is 2. The SMILES string of the molecule is CCCCN1CCOc2ccccc2CCCCC2(CCN(C(=O)C3CCOCC3)CC2)C1. The third-order valence-corrected chi connectivity index (χ3v) is 8.13. The van der Waals surface area contributed by atoms with Crippen LogP contribution >= 0.6 is 0 Å². The molecule has 3 aliphatic rings. The highest BCUT2D eigenvalue weighted by molar-refractivity contribution is 5.79. The maximum Gasteiger partial charge on any atom is 0.225 e. The van der Waals surface area contributed by atoms with Crippen molar-refractivity contribution in [1.82, 2.24) is 9.80 Å². The molecule has 0 unspecified atom stereocenters. The number of nitrogens with zero attached hydrogens (tertiary/aromatic N) is 2. The molecule has 3 aliphatic heterocycles. The van der Waals surface area contributed by atoms with Crippen molar-refractivity contribution in [3.8, 4) is 5.75 Å². The number of hydrogen-bond donors (Lipinski definition) is 0. The fourth-order valence-electron chi connectivity index (χ4n) is 5.97. The molecule has 1 spiro atoms. The van der Waals surface area contributed by atoms with Gasteiger partial charge in [0.25, 0.3) is 0 Å². The first kappa shape index (κ1) is 24.5. The third kappa shape index (κ3) is 6.73. The van der Waals surface area contributed by atoms with E-state index in [1.54, 1.807) is 0 Å².